The van der Waals surface area contributed by atoms with Gasteiger partial charge in [0.15, 0.2) is 0 Å². The summed E-state index contributed by atoms with van der Waals surface area (Å²) in [6.07, 6.45) is 1.80. The van der Waals surface area contributed by atoms with Crippen molar-refractivity contribution in [1.82, 2.24) is 0 Å². The first kappa shape index (κ1) is 17.0. The molecule has 0 unspecified atom stereocenters. The van der Waals surface area contributed by atoms with E-state index in [1.165, 1.54) is 0 Å². The minimum absolute atomic E-state index is 0.175. The fourth-order valence-corrected chi connectivity index (χ4v) is 3.55. The van der Waals surface area contributed by atoms with Crippen LogP contribution in [0.15, 0.2) is 76.7 Å². The van der Waals surface area contributed by atoms with Crippen molar-refractivity contribution in [2.45, 2.75) is 0 Å². The van der Waals surface area contributed by atoms with Gasteiger partial charge in [0, 0.05) is 20.5 Å². The molecule has 0 radical (unpaired) electrons. The van der Waals surface area contributed by atoms with Crippen LogP contribution in [0.1, 0.15) is 10.4 Å². The van der Waals surface area contributed by atoms with Gasteiger partial charge in [-0.15, -0.1) is 11.3 Å². The molecule has 0 fully saturated rings. The van der Waals surface area contributed by atoms with Crippen molar-refractivity contribution >= 4 is 58.0 Å². The SMILES string of the molecule is O=C1/C(=C\c2cccs2)N=C(c2ccc(Cl)cc2)N1c1ccc(Cl)cc1. The number of rotatable bonds is 3. The fraction of sp³-hybridized carbons (Fsp3) is 0. The second-order valence-electron chi connectivity index (χ2n) is 5.60. The molecular weight excluding hydrogens is 387 g/mol. The lowest BCUT2D eigenvalue weighted by Gasteiger charge is -2.18. The molecule has 2 aromatic carbocycles. The van der Waals surface area contributed by atoms with Crippen molar-refractivity contribution in [3.05, 3.63) is 92.2 Å². The Morgan fingerprint density at radius 2 is 1.58 bits per heavy atom. The molecule has 1 aliphatic heterocycles. The van der Waals surface area contributed by atoms with Gasteiger partial charge in [0.1, 0.15) is 11.5 Å². The zero-order chi connectivity index (χ0) is 18.1. The number of carbonyl (C=O) groups excluding carboxylic acids is 1. The van der Waals surface area contributed by atoms with E-state index in [1.54, 1.807) is 58.7 Å². The molecule has 4 rings (SSSR count). The van der Waals surface area contributed by atoms with Crippen LogP contribution in [-0.4, -0.2) is 11.7 Å². The molecule has 6 heteroatoms. The highest BCUT2D eigenvalue weighted by Gasteiger charge is 2.32. The van der Waals surface area contributed by atoms with Crippen molar-refractivity contribution in [2.75, 3.05) is 4.90 Å². The topological polar surface area (TPSA) is 32.7 Å². The number of nitrogens with zero attached hydrogens (tertiary/aromatic N) is 2. The first-order valence-electron chi connectivity index (χ1n) is 7.82. The van der Waals surface area contributed by atoms with Crippen LogP contribution in [-0.2, 0) is 4.79 Å². The van der Waals surface area contributed by atoms with Gasteiger partial charge in [-0.05, 0) is 66.1 Å². The summed E-state index contributed by atoms with van der Waals surface area (Å²) in [5.74, 6) is 0.391. The molecule has 0 saturated heterocycles. The Bertz CT molecular complexity index is 1010. The Balaban J connectivity index is 1.82. The van der Waals surface area contributed by atoms with Gasteiger partial charge in [0.05, 0.1) is 5.69 Å². The Morgan fingerprint density at radius 1 is 0.923 bits per heavy atom. The van der Waals surface area contributed by atoms with Crippen molar-refractivity contribution in [3.8, 4) is 0 Å². The van der Waals surface area contributed by atoms with Crippen LogP contribution >= 0.6 is 34.5 Å². The highest BCUT2D eigenvalue weighted by Crippen LogP contribution is 2.29. The second-order valence-corrected chi connectivity index (χ2v) is 7.46. The van der Waals surface area contributed by atoms with Crippen LogP contribution in [0.4, 0.5) is 5.69 Å². The standard InChI is InChI=1S/C20H12Cl2N2OS/c21-14-5-3-13(4-6-14)19-23-18(12-17-2-1-11-26-17)20(25)24(19)16-9-7-15(22)8-10-16/h1-12H/b18-12+. The average molecular weight is 399 g/mol. The number of aliphatic imine (C=N–C) groups is 1. The lowest BCUT2D eigenvalue weighted by Crippen LogP contribution is -2.32. The van der Waals surface area contributed by atoms with Crippen LogP contribution in [0.3, 0.4) is 0 Å². The van der Waals surface area contributed by atoms with E-state index in [2.05, 4.69) is 4.99 Å². The Hall–Kier alpha value is -2.40. The highest BCUT2D eigenvalue weighted by molar-refractivity contribution is 7.10. The van der Waals surface area contributed by atoms with Gasteiger partial charge < -0.3 is 0 Å². The van der Waals surface area contributed by atoms with Crippen molar-refractivity contribution in [3.63, 3.8) is 0 Å². The fourth-order valence-electron chi connectivity index (χ4n) is 2.65. The Morgan fingerprint density at radius 3 is 2.19 bits per heavy atom. The molecule has 2 heterocycles. The lowest BCUT2D eigenvalue weighted by molar-refractivity contribution is -0.113. The van der Waals surface area contributed by atoms with Gasteiger partial charge in [-0.2, -0.15) is 0 Å². The van der Waals surface area contributed by atoms with Crippen LogP contribution in [0.5, 0.6) is 0 Å². The number of benzene rings is 2. The van der Waals surface area contributed by atoms with Gasteiger partial charge in [-0.1, -0.05) is 29.3 Å². The molecule has 0 aliphatic carbocycles. The van der Waals surface area contributed by atoms with Crippen LogP contribution in [0, 0.1) is 0 Å². The first-order valence-corrected chi connectivity index (χ1v) is 9.45. The molecule has 0 saturated carbocycles. The van der Waals surface area contributed by atoms with Crippen molar-refractivity contribution in [1.29, 1.82) is 0 Å². The van der Waals surface area contributed by atoms with Crippen LogP contribution < -0.4 is 4.90 Å². The summed E-state index contributed by atoms with van der Waals surface area (Å²) in [6, 6.07) is 18.3. The molecule has 1 aliphatic rings. The molecule has 1 aromatic heterocycles. The Kier molecular flexibility index (Phi) is 4.64. The third-order valence-electron chi connectivity index (χ3n) is 3.87. The smallest absolute Gasteiger partial charge is 0.266 e. The summed E-state index contributed by atoms with van der Waals surface area (Å²) >= 11 is 13.5. The molecule has 0 atom stereocenters. The van der Waals surface area contributed by atoms with Crippen LogP contribution in [0.2, 0.25) is 10.0 Å². The lowest BCUT2D eigenvalue weighted by atomic mass is 10.2. The minimum atomic E-state index is -0.175. The second kappa shape index (κ2) is 7.08. The Labute approximate surface area is 164 Å². The predicted molar refractivity (Wildman–Crippen MR) is 109 cm³/mol. The molecule has 128 valence electrons. The summed E-state index contributed by atoms with van der Waals surface area (Å²) in [6.45, 7) is 0. The zero-order valence-corrected chi connectivity index (χ0v) is 15.7. The molecule has 0 spiro atoms. The van der Waals surface area contributed by atoms with Gasteiger partial charge in [-0.3, -0.25) is 9.69 Å². The number of anilines is 1. The summed E-state index contributed by atoms with van der Waals surface area (Å²) in [5, 5.41) is 3.21. The summed E-state index contributed by atoms with van der Waals surface area (Å²) in [7, 11) is 0. The van der Waals surface area contributed by atoms with E-state index >= 15 is 0 Å². The molecule has 0 N–H and O–H groups in total. The summed E-state index contributed by atoms with van der Waals surface area (Å²) in [5.41, 5.74) is 1.92. The number of hydrogen-bond donors (Lipinski definition) is 0. The van der Waals surface area contributed by atoms with E-state index in [1.807, 2.05) is 29.6 Å². The summed E-state index contributed by atoms with van der Waals surface area (Å²) in [4.78, 5) is 20.2. The minimum Gasteiger partial charge on any atom is -0.266 e. The average Bonchev–Trinajstić information content (AvgIpc) is 3.26. The molecule has 26 heavy (non-hydrogen) atoms. The van der Waals surface area contributed by atoms with E-state index in [-0.39, 0.29) is 5.91 Å². The normalized spacial score (nSPS) is 15.6. The highest BCUT2D eigenvalue weighted by atomic mass is 35.5. The van der Waals surface area contributed by atoms with E-state index < -0.39 is 0 Å². The van der Waals surface area contributed by atoms with E-state index in [9.17, 15) is 4.79 Å². The maximum atomic E-state index is 13.1. The number of amides is 1. The number of hydrogen-bond acceptors (Lipinski definition) is 3. The third-order valence-corrected chi connectivity index (χ3v) is 5.19. The molecule has 3 aromatic rings. The van der Waals surface area contributed by atoms with Crippen molar-refractivity contribution < 1.29 is 4.79 Å². The zero-order valence-electron chi connectivity index (χ0n) is 13.4. The number of thiophene rings is 1. The van der Waals surface area contributed by atoms with Gasteiger partial charge in [-0.25, -0.2) is 4.99 Å². The van der Waals surface area contributed by atoms with E-state index in [0.29, 0.717) is 27.3 Å². The molecular formula is C20H12Cl2N2OS. The monoisotopic (exact) mass is 398 g/mol. The number of carbonyl (C=O) groups is 1. The quantitative estimate of drug-likeness (QED) is 0.506. The van der Waals surface area contributed by atoms with Crippen LogP contribution in [0.25, 0.3) is 6.08 Å². The van der Waals surface area contributed by atoms with Crippen molar-refractivity contribution in [2.24, 2.45) is 4.99 Å². The molecule has 3 nitrogen and oxygen atoms in total. The summed E-state index contributed by atoms with van der Waals surface area (Å²) < 4.78 is 0. The molecule has 0 bridgehead atoms. The van der Waals surface area contributed by atoms with Gasteiger partial charge >= 0.3 is 0 Å². The van der Waals surface area contributed by atoms with Gasteiger partial charge in [0.2, 0.25) is 0 Å². The predicted octanol–water partition coefficient (Wildman–Crippen LogP) is 5.89. The maximum Gasteiger partial charge on any atom is 0.282 e. The molecule has 1 amide bonds. The third kappa shape index (κ3) is 3.31. The van der Waals surface area contributed by atoms with E-state index in [4.69, 9.17) is 23.2 Å². The van der Waals surface area contributed by atoms with E-state index in [0.717, 1.165) is 10.4 Å². The number of amidine groups is 1. The number of halogens is 2. The van der Waals surface area contributed by atoms with Gasteiger partial charge in [0.25, 0.3) is 5.91 Å². The largest absolute Gasteiger partial charge is 0.282 e. The first-order chi connectivity index (χ1) is 12.6. The maximum absolute atomic E-state index is 13.1.